The highest BCUT2D eigenvalue weighted by molar-refractivity contribution is 6.70. The smallest absolute Gasteiger partial charge is 0.371 e. The van der Waals surface area contributed by atoms with Gasteiger partial charge in [0.25, 0.3) is 0 Å². The lowest BCUT2D eigenvalue weighted by atomic mass is 10.0. The molecule has 0 aromatic rings. The summed E-state index contributed by atoms with van der Waals surface area (Å²) < 4.78 is 24.9. The molecule has 2 fully saturated rings. The number of hydrogen-bond donors (Lipinski definition) is 0. The Labute approximate surface area is 149 Å². The van der Waals surface area contributed by atoms with E-state index in [1.54, 1.807) is 0 Å². The Morgan fingerprint density at radius 1 is 0.958 bits per heavy atom. The van der Waals surface area contributed by atoms with Crippen molar-refractivity contribution in [3.05, 3.63) is 0 Å². The van der Waals surface area contributed by atoms with Gasteiger partial charge in [0.15, 0.2) is 0 Å². The van der Waals surface area contributed by atoms with Gasteiger partial charge in [0.2, 0.25) is 0 Å². The van der Waals surface area contributed by atoms with Gasteiger partial charge in [0.1, 0.15) is 5.22 Å². The lowest BCUT2D eigenvalue weighted by Crippen LogP contribution is -2.66. The van der Waals surface area contributed by atoms with E-state index < -0.39 is 8.56 Å². The molecule has 2 aliphatic rings. The van der Waals surface area contributed by atoms with E-state index >= 15 is 0 Å². The summed E-state index contributed by atoms with van der Waals surface area (Å²) in [6, 6.07) is 1.08. The van der Waals surface area contributed by atoms with E-state index in [9.17, 15) is 0 Å². The second kappa shape index (κ2) is 9.67. The Morgan fingerprint density at radius 2 is 1.71 bits per heavy atom. The molecule has 2 heterocycles. The van der Waals surface area contributed by atoms with Gasteiger partial charge in [-0.05, 0) is 52.5 Å². The molecule has 2 rings (SSSR count). The molecular weight excluding hydrogens is 320 g/mol. The van der Waals surface area contributed by atoms with Crippen LogP contribution in [0.1, 0.15) is 79.1 Å². The molecule has 3 atom stereocenters. The summed E-state index contributed by atoms with van der Waals surface area (Å²) in [7, 11) is -2.32. The Hall–Kier alpha value is 0.0569. The third-order valence-electron chi connectivity index (χ3n) is 5.62. The highest BCUT2D eigenvalue weighted by atomic mass is 28.4. The molecule has 5 heteroatoms. The van der Waals surface area contributed by atoms with Crippen LogP contribution in [0.4, 0.5) is 0 Å². The predicted molar refractivity (Wildman–Crippen MR) is 99.4 cm³/mol. The third-order valence-corrected chi connectivity index (χ3v) is 10.2. The van der Waals surface area contributed by atoms with Crippen LogP contribution in [-0.2, 0) is 18.3 Å². The average Bonchev–Trinajstić information content (AvgIpc) is 3.34. The fourth-order valence-corrected chi connectivity index (χ4v) is 8.98. The molecule has 24 heavy (non-hydrogen) atoms. The van der Waals surface area contributed by atoms with Gasteiger partial charge in [0, 0.05) is 19.8 Å². The summed E-state index contributed by atoms with van der Waals surface area (Å²) in [5, 5.41) is -0.152. The summed E-state index contributed by atoms with van der Waals surface area (Å²) in [6.07, 6.45) is 10.4. The summed E-state index contributed by atoms with van der Waals surface area (Å²) in [6.45, 7) is 10.7. The zero-order valence-corrected chi connectivity index (χ0v) is 17.3. The van der Waals surface area contributed by atoms with Crippen LogP contribution in [0.3, 0.4) is 0 Å². The van der Waals surface area contributed by atoms with Gasteiger partial charge in [-0.2, -0.15) is 0 Å². The van der Waals surface area contributed by atoms with Gasteiger partial charge in [0.05, 0.1) is 12.2 Å². The van der Waals surface area contributed by atoms with Crippen LogP contribution in [0, 0.1) is 0 Å². The lowest BCUT2D eigenvalue weighted by molar-refractivity contribution is -0.0468. The van der Waals surface area contributed by atoms with E-state index in [-0.39, 0.29) is 5.22 Å². The van der Waals surface area contributed by atoms with Crippen LogP contribution >= 0.6 is 0 Å². The molecule has 3 unspecified atom stereocenters. The van der Waals surface area contributed by atoms with Crippen molar-refractivity contribution in [3.63, 3.8) is 0 Å². The summed E-state index contributed by atoms with van der Waals surface area (Å²) in [5.41, 5.74) is 0. The number of epoxide rings is 1. The topological polar surface area (TPSA) is 40.2 Å². The second-order valence-corrected chi connectivity index (χ2v) is 10.6. The van der Waals surface area contributed by atoms with Gasteiger partial charge >= 0.3 is 8.56 Å². The molecule has 0 bridgehead atoms. The summed E-state index contributed by atoms with van der Waals surface area (Å²) in [4.78, 5) is 0. The first-order chi connectivity index (χ1) is 11.7. The normalized spacial score (nSPS) is 32.0. The number of rotatable bonds is 12. The molecule has 2 saturated heterocycles. The number of ether oxygens (including phenoxy) is 2. The molecule has 0 aliphatic carbocycles. The van der Waals surface area contributed by atoms with Gasteiger partial charge < -0.3 is 18.3 Å². The average molecular weight is 359 g/mol. The highest BCUT2D eigenvalue weighted by Crippen LogP contribution is 2.44. The molecule has 0 amide bonds. The fraction of sp³-hybridized carbons (Fsp3) is 1.00. The zero-order valence-electron chi connectivity index (χ0n) is 16.3. The maximum absolute atomic E-state index is 6.44. The quantitative estimate of drug-likeness (QED) is 0.287. The molecule has 4 nitrogen and oxygen atoms in total. The van der Waals surface area contributed by atoms with Crippen molar-refractivity contribution in [3.8, 4) is 0 Å². The largest absolute Gasteiger partial charge is 0.393 e. The first-order valence-corrected chi connectivity index (χ1v) is 12.3. The van der Waals surface area contributed by atoms with E-state index in [0.29, 0.717) is 12.2 Å². The minimum Gasteiger partial charge on any atom is -0.393 e. The van der Waals surface area contributed by atoms with Crippen molar-refractivity contribution in [2.45, 2.75) is 103 Å². The van der Waals surface area contributed by atoms with Crippen molar-refractivity contribution < 1.29 is 18.3 Å². The third kappa shape index (κ3) is 4.61. The Bertz CT molecular complexity index is 350. The van der Waals surface area contributed by atoms with Gasteiger partial charge in [-0.15, -0.1) is 0 Å². The van der Waals surface area contributed by atoms with E-state index in [2.05, 4.69) is 27.7 Å². The van der Waals surface area contributed by atoms with Crippen LogP contribution in [0.15, 0.2) is 0 Å². The molecule has 2 aliphatic heterocycles. The van der Waals surface area contributed by atoms with E-state index in [4.69, 9.17) is 18.3 Å². The van der Waals surface area contributed by atoms with Crippen molar-refractivity contribution >= 4 is 8.56 Å². The fourth-order valence-electron chi connectivity index (χ4n) is 4.50. The Kier molecular flexibility index (Phi) is 8.21. The van der Waals surface area contributed by atoms with Crippen LogP contribution in [-0.4, -0.2) is 45.8 Å². The molecule has 0 aromatic carbocycles. The van der Waals surface area contributed by atoms with Gasteiger partial charge in [-0.3, -0.25) is 0 Å². The van der Waals surface area contributed by atoms with Crippen LogP contribution in [0.5, 0.6) is 0 Å². The maximum Gasteiger partial charge on any atom is 0.371 e. The lowest BCUT2D eigenvalue weighted by Gasteiger charge is -2.49. The van der Waals surface area contributed by atoms with E-state index in [1.165, 1.54) is 32.1 Å². The van der Waals surface area contributed by atoms with E-state index in [0.717, 1.165) is 45.1 Å². The molecule has 0 radical (unpaired) electrons. The Balaban J connectivity index is 1.98. The van der Waals surface area contributed by atoms with Crippen LogP contribution < -0.4 is 0 Å². The minimum absolute atomic E-state index is 0.152. The highest BCUT2D eigenvalue weighted by Gasteiger charge is 2.59. The second-order valence-electron chi connectivity index (χ2n) is 7.12. The molecule has 0 N–H and O–H groups in total. The van der Waals surface area contributed by atoms with Crippen molar-refractivity contribution in [1.82, 2.24) is 0 Å². The van der Waals surface area contributed by atoms with Crippen molar-refractivity contribution in [2.24, 2.45) is 0 Å². The molecule has 0 saturated carbocycles. The maximum atomic E-state index is 6.44. The molecular formula is C19H38O4Si. The standard InChI is InChI=1S/C19H38O4Si/c1-5-17-18(23-17)13-9-10-14-19(20-6-2)15-11-12-16-24(19,21-7-3)22-8-4/h17-18H,5-16H2,1-4H3. The molecule has 0 spiro atoms. The first-order valence-electron chi connectivity index (χ1n) is 10.2. The van der Waals surface area contributed by atoms with Crippen LogP contribution in [0.25, 0.3) is 0 Å². The van der Waals surface area contributed by atoms with Crippen molar-refractivity contribution in [1.29, 1.82) is 0 Å². The number of unbranched alkanes of at least 4 members (excludes halogenated alkanes) is 1. The summed E-state index contributed by atoms with van der Waals surface area (Å²) in [5.74, 6) is 0. The monoisotopic (exact) mass is 358 g/mol. The molecule has 142 valence electrons. The summed E-state index contributed by atoms with van der Waals surface area (Å²) >= 11 is 0. The number of hydrogen-bond acceptors (Lipinski definition) is 4. The van der Waals surface area contributed by atoms with E-state index in [1.807, 2.05) is 0 Å². The van der Waals surface area contributed by atoms with Crippen LogP contribution in [0.2, 0.25) is 6.04 Å². The molecule has 0 aromatic heterocycles. The van der Waals surface area contributed by atoms with Crippen molar-refractivity contribution in [2.75, 3.05) is 19.8 Å². The first kappa shape index (κ1) is 20.4. The van der Waals surface area contributed by atoms with Gasteiger partial charge in [-0.25, -0.2) is 0 Å². The Morgan fingerprint density at radius 3 is 2.29 bits per heavy atom. The SMILES string of the molecule is CCOC1(CCCCC2OC2CC)CCCC[Si]1(OCC)OCC. The predicted octanol–water partition coefficient (Wildman–Crippen LogP) is 4.74. The zero-order chi connectivity index (χ0) is 17.5. The minimum atomic E-state index is -2.32. The van der Waals surface area contributed by atoms with Gasteiger partial charge in [-0.1, -0.05) is 32.6 Å².